The Hall–Kier alpha value is -2.01. The molecule has 2 aromatic rings. The zero-order valence-corrected chi connectivity index (χ0v) is 11.7. The molecule has 0 bridgehead atoms. The van der Waals surface area contributed by atoms with E-state index in [1.54, 1.807) is 19.2 Å². The normalized spacial score (nSPS) is 14.1. The molecule has 0 spiro atoms. The van der Waals surface area contributed by atoms with Crippen LogP contribution in [0.15, 0.2) is 36.8 Å². The van der Waals surface area contributed by atoms with Gasteiger partial charge in [0.2, 0.25) is 0 Å². The minimum atomic E-state index is -1.36. The molecule has 0 aliphatic heterocycles. The summed E-state index contributed by atoms with van der Waals surface area (Å²) >= 11 is 0. The van der Waals surface area contributed by atoms with Crippen molar-refractivity contribution in [1.82, 2.24) is 9.97 Å². The maximum Gasteiger partial charge on any atom is 0.141 e. The van der Waals surface area contributed by atoms with E-state index in [4.69, 9.17) is 4.74 Å². The van der Waals surface area contributed by atoms with Crippen molar-refractivity contribution in [2.45, 2.75) is 32.5 Å². The maximum atomic E-state index is 12.9. The lowest BCUT2D eigenvalue weighted by molar-refractivity contribution is 0.0962. The highest BCUT2D eigenvalue weighted by molar-refractivity contribution is 5.34. The van der Waals surface area contributed by atoms with Crippen LogP contribution in [0.2, 0.25) is 0 Å². The number of hydrogen-bond acceptors (Lipinski definition) is 4. The first-order valence-electron chi connectivity index (χ1n) is 6.36. The molecule has 106 valence electrons. The van der Waals surface area contributed by atoms with Crippen LogP contribution in [0.25, 0.3) is 0 Å². The van der Waals surface area contributed by atoms with E-state index in [-0.39, 0.29) is 6.10 Å². The summed E-state index contributed by atoms with van der Waals surface area (Å²) < 4.78 is 18.5. The lowest BCUT2D eigenvalue weighted by Gasteiger charge is -2.23. The van der Waals surface area contributed by atoms with Gasteiger partial charge < -0.3 is 9.84 Å². The Labute approximate surface area is 117 Å². The molecule has 0 radical (unpaired) electrons. The third-order valence-electron chi connectivity index (χ3n) is 2.87. The summed E-state index contributed by atoms with van der Waals surface area (Å²) in [5.41, 5.74) is -0.478. The van der Waals surface area contributed by atoms with Gasteiger partial charge in [0.15, 0.2) is 0 Å². The van der Waals surface area contributed by atoms with E-state index in [0.29, 0.717) is 17.0 Å². The summed E-state index contributed by atoms with van der Waals surface area (Å²) in [7, 11) is 0. The van der Waals surface area contributed by atoms with Crippen molar-refractivity contribution in [1.29, 1.82) is 0 Å². The molecular formula is C15H17FN2O2. The highest BCUT2D eigenvalue weighted by Crippen LogP contribution is 2.29. The van der Waals surface area contributed by atoms with Gasteiger partial charge in [-0.15, -0.1) is 0 Å². The number of halogens is 1. The van der Waals surface area contributed by atoms with Gasteiger partial charge in [-0.2, -0.15) is 0 Å². The van der Waals surface area contributed by atoms with E-state index in [1.165, 1.54) is 18.3 Å². The van der Waals surface area contributed by atoms with Crippen LogP contribution in [0.4, 0.5) is 4.39 Å². The molecule has 0 saturated heterocycles. The van der Waals surface area contributed by atoms with Crippen LogP contribution >= 0.6 is 0 Å². The highest BCUT2D eigenvalue weighted by Gasteiger charge is 2.28. The number of aliphatic hydroxyl groups is 1. The summed E-state index contributed by atoms with van der Waals surface area (Å²) in [5, 5.41) is 10.6. The van der Waals surface area contributed by atoms with E-state index in [0.717, 1.165) is 6.20 Å². The van der Waals surface area contributed by atoms with Crippen LogP contribution in [0.1, 0.15) is 32.0 Å². The molecule has 0 aromatic carbocycles. The molecule has 2 heterocycles. The smallest absolute Gasteiger partial charge is 0.141 e. The summed E-state index contributed by atoms with van der Waals surface area (Å²) in [6.07, 6.45) is 4.21. The van der Waals surface area contributed by atoms with E-state index < -0.39 is 11.4 Å². The molecule has 1 atom stereocenters. The quantitative estimate of drug-likeness (QED) is 0.932. The summed E-state index contributed by atoms with van der Waals surface area (Å²) in [6, 6.07) is 4.42. The molecule has 0 fully saturated rings. The Morgan fingerprint density at radius 2 is 2.00 bits per heavy atom. The fraction of sp³-hybridized carbons (Fsp3) is 0.333. The first-order valence-corrected chi connectivity index (χ1v) is 6.36. The van der Waals surface area contributed by atoms with Gasteiger partial charge in [0.25, 0.3) is 0 Å². The standard InChI is InChI=1S/C15H17FN2O2/c1-10(2)20-13-6-11(7-17-9-13)15(3,19)14-5-4-12(16)8-18-14/h4-10,19H,1-3H3. The molecule has 5 heteroatoms. The minimum Gasteiger partial charge on any atom is -0.489 e. The average molecular weight is 276 g/mol. The summed E-state index contributed by atoms with van der Waals surface area (Å²) in [5.74, 6) is 0.124. The van der Waals surface area contributed by atoms with Crippen LogP contribution in [-0.4, -0.2) is 21.2 Å². The molecule has 2 rings (SSSR count). The van der Waals surface area contributed by atoms with E-state index in [2.05, 4.69) is 9.97 Å². The van der Waals surface area contributed by atoms with Gasteiger partial charge in [0.05, 0.1) is 24.2 Å². The molecule has 0 amide bonds. The predicted molar refractivity (Wildman–Crippen MR) is 72.9 cm³/mol. The Kier molecular flexibility index (Phi) is 3.99. The third-order valence-corrected chi connectivity index (χ3v) is 2.87. The number of rotatable bonds is 4. The van der Waals surface area contributed by atoms with Crippen LogP contribution in [0.5, 0.6) is 5.75 Å². The van der Waals surface area contributed by atoms with E-state index in [1.807, 2.05) is 13.8 Å². The molecule has 20 heavy (non-hydrogen) atoms. The van der Waals surface area contributed by atoms with E-state index in [9.17, 15) is 9.50 Å². The topological polar surface area (TPSA) is 55.2 Å². The van der Waals surface area contributed by atoms with Gasteiger partial charge in [-0.3, -0.25) is 9.97 Å². The first kappa shape index (κ1) is 14.4. The number of aromatic nitrogens is 2. The SMILES string of the molecule is CC(C)Oc1cncc(C(C)(O)c2ccc(F)cn2)c1. The van der Waals surface area contributed by atoms with Crippen molar-refractivity contribution in [2.75, 3.05) is 0 Å². The fourth-order valence-electron chi connectivity index (χ4n) is 1.83. The van der Waals surface area contributed by atoms with E-state index >= 15 is 0 Å². The van der Waals surface area contributed by atoms with Gasteiger partial charge in [0.1, 0.15) is 17.2 Å². The molecule has 0 saturated carbocycles. The predicted octanol–water partition coefficient (Wildman–Crippen LogP) is 2.66. The third kappa shape index (κ3) is 3.11. The van der Waals surface area contributed by atoms with Crippen molar-refractivity contribution in [3.05, 3.63) is 53.9 Å². The molecule has 2 aromatic heterocycles. The second-order valence-corrected chi connectivity index (χ2v) is 5.01. The number of hydrogen-bond donors (Lipinski definition) is 1. The highest BCUT2D eigenvalue weighted by atomic mass is 19.1. The van der Waals surface area contributed by atoms with Gasteiger partial charge >= 0.3 is 0 Å². The second-order valence-electron chi connectivity index (χ2n) is 5.01. The van der Waals surface area contributed by atoms with Gasteiger partial charge in [0, 0.05) is 11.8 Å². The molecular weight excluding hydrogens is 259 g/mol. The van der Waals surface area contributed by atoms with Gasteiger partial charge in [-0.05, 0) is 39.0 Å². The number of nitrogens with zero attached hydrogens (tertiary/aromatic N) is 2. The van der Waals surface area contributed by atoms with Crippen molar-refractivity contribution < 1.29 is 14.2 Å². The summed E-state index contributed by atoms with van der Waals surface area (Å²) in [4.78, 5) is 7.98. The van der Waals surface area contributed by atoms with Gasteiger partial charge in [-0.25, -0.2) is 4.39 Å². The maximum absolute atomic E-state index is 12.9. The van der Waals surface area contributed by atoms with Crippen LogP contribution < -0.4 is 4.74 Å². The lowest BCUT2D eigenvalue weighted by Crippen LogP contribution is -2.24. The zero-order valence-electron chi connectivity index (χ0n) is 11.7. The number of pyridine rings is 2. The largest absolute Gasteiger partial charge is 0.489 e. The molecule has 0 aliphatic carbocycles. The average Bonchev–Trinajstić information content (AvgIpc) is 2.39. The van der Waals surface area contributed by atoms with Gasteiger partial charge in [-0.1, -0.05) is 0 Å². The van der Waals surface area contributed by atoms with Crippen molar-refractivity contribution >= 4 is 0 Å². The molecule has 1 unspecified atom stereocenters. The summed E-state index contributed by atoms with van der Waals surface area (Å²) in [6.45, 7) is 5.40. The molecule has 1 N–H and O–H groups in total. The number of ether oxygens (including phenoxy) is 1. The Bertz CT molecular complexity index is 583. The zero-order chi connectivity index (χ0) is 14.8. The van der Waals surface area contributed by atoms with Crippen LogP contribution in [0.3, 0.4) is 0 Å². The lowest BCUT2D eigenvalue weighted by atomic mass is 9.93. The molecule has 0 aliphatic rings. The Morgan fingerprint density at radius 3 is 2.60 bits per heavy atom. The van der Waals surface area contributed by atoms with Crippen LogP contribution in [0, 0.1) is 5.82 Å². The fourth-order valence-corrected chi connectivity index (χ4v) is 1.83. The van der Waals surface area contributed by atoms with Crippen LogP contribution in [-0.2, 0) is 5.60 Å². The van der Waals surface area contributed by atoms with Crippen molar-refractivity contribution in [3.63, 3.8) is 0 Å². The first-order chi connectivity index (χ1) is 9.39. The Morgan fingerprint density at radius 1 is 1.25 bits per heavy atom. The Balaban J connectivity index is 2.35. The second kappa shape index (κ2) is 5.54. The van der Waals surface area contributed by atoms with Crippen molar-refractivity contribution in [3.8, 4) is 5.75 Å². The minimum absolute atomic E-state index is 0.0148. The van der Waals surface area contributed by atoms with Crippen molar-refractivity contribution in [2.24, 2.45) is 0 Å². The molecule has 4 nitrogen and oxygen atoms in total. The monoisotopic (exact) mass is 276 g/mol.